The van der Waals surface area contributed by atoms with Gasteiger partial charge in [-0.05, 0) is 18.9 Å². The maximum Gasteiger partial charge on any atom is 0.220 e. The van der Waals surface area contributed by atoms with E-state index in [9.17, 15) is 4.79 Å². The van der Waals surface area contributed by atoms with Crippen LogP contribution in [-0.4, -0.2) is 11.9 Å². The minimum Gasteiger partial charge on any atom is -0.353 e. The van der Waals surface area contributed by atoms with Crippen molar-refractivity contribution in [2.24, 2.45) is 0 Å². The SMILES string of the molecule is C=C=CC[C@@H]1CCC(=O)N1. The Hall–Kier alpha value is -1.01. The summed E-state index contributed by atoms with van der Waals surface area (Å²) in [5.41, 5.74) is 2.68. The van der Waals surface area contributed by atoms with Crippen LogP contribution in [0.15, 0.2) is 18.4 Å². The van der Waals surface area contributed by atoms with Gasteiger partial charge >= 0.3 is 0 Å². The predicted molar refractivity (Wildman–Crippen MR) is 39.5 cm³/mol. The lowest BCUT2D eigenvalue weighted by molar-refractivity contribution is -0.119. The lowest BCUT2D eigenvalue weighted by atomic mass is 10.1. The molecule has 0 aromatic rings. The van der Waals surface area contributed by atoms with Gasteiger partial charge in [-0.1, -0.05) is 6.58 Å². The molecule has 0 aliphatic carbocycles. The van der Waals surface area contributed by atoms with Crippen molar-refractivity contribution >= 4 is 5.91 Å². The van der Waals surface area contributed by atoms with Crippen molar-refractivity contribution in [1.82, 2.24) is 5.32 Å². The number of carbonyl (C=O) groups excluding carboxylic acids is 1. The molecule has 0 aromatic heterocycles. The minimum atomic E-state index is 0.169. The van der Waals surface area contributed by atoms with E-state index in [4.69, 9.17) is 0 Å². The second-order valence-corrected chi connectivity index (χ2v) is 2.45. The summed E-state index contributed by atoms with van der Waals surface area (Å²) < 4.78 is 0. The van der Waals surface area contributed by atoms with E-state index in [0.717, 1.165) is 12.8 Å². The van der Waals surface area contributed by atoms with Gasteiger partial charge in [-0.3, -0.25) is 4.79 Å². The maximum atomic E-state index is 10.7. The molecule has 1 fully saturated rings. The standard InChI is InChI=1S/C8H11NO/c1-2-3-4-7-5-6-8(10)9-7/h3,7H,1,4-6H2,(H,9,10)/t7-/m1/s1. The third-order valence-electron chi connectivity index (χ3n) is 1.63. The molecule has 0 radical (unpaired) electrons. The van der Waals surface area contributed by atoms with Gasteiger partial charge in [-0.15, -0.1) is 5.73 Å². The molecule has 1 N–H and O–H groups in total. The van der Waals surface area contributed by atoms with Gasteiger partial charge < -0.3 is 5.32 Å². The number of carbonyl (C=O) groups is 1. The van der Waals surface area contributed by atoms with E-state index in [0.29, 0.717) is 12.5 Å². The van der Waals surface area contributed by atoms with E-state index in [1.165, 1.54) is 0 Å². The molecule has 0 bridgehead atoms. The molecule has 0 unspecified atom stereocenters. The number of nitrogens with one attached hydrogen (secondary N) is 1. The molecular formula is C8H11NO. The van der Waals surface area contributed by atoms with Gasteiger partial charge in [0.15, 0.2) is 0 Å². The van der Waals surface area contributed by atoms with Crippen LogP contribution in [0.5, 0.6) is 0 Å². The highest BCUT2D eigenvalue weighted by molar-refractivity contribution is 5.78. The highest BCUT2D eigenvalue weighted by Crippen LogP contribution is 2.09. The summed E-state index contributed by atoms with van der Waals surface area (Å²) in [5, 5.41) is 2.85. The average Bonchev–Trinajstić information content (AvgIpc) is 2.31. The summed E-state index contributed by atoms with van der Waals surface area (Å²) >= 11 is 0. The van der Waals surface area contributed by atoms with Gasteiger partial charge in [-0.25, -0.2) is 0 Å². The Morgan fingerprint density at radius 3 is 3.20 bits per heavy atom. The van der Waals surface area contributed by atoms with Gasteiger partial charge in [0, 0.05) is 12.5 Å². The lowest BCUT2D eigenvalue weighted by Crippen LogP contribution is -2.24. The van der Waals surface area contributed by atoms with Crippen molar-refractivity contribution in [1.29, 1.82) is 0 Å². The van der Waals surface area contributed by atoms with Crippen molar-refractivity contribution in [3.8, 4) is 0 Å². The maximum absolute atomic E-state index is 10.7. The predicted octanol–water partition coefficient (Wildman–Crippen LogP) is 0.996. The summed E-state index contributed by atoms with van der Waals surface area (Å²) in [6, 6.07) is 0.335. The third-order valence-corrected chi connectivity index (χ3v) is 1.63. The zero-order chi connectivity index (χ0) is 7.40. The van der Waals surface area contributed by atoms with Gasteiger partial charge in [0.1, 0.15) is 0 Å². The molecule has 1 saturated heterocycles. The first kappa shape index (κ1) is 7.10. The van der Waals surface area contributed by atoms with Gasteiger partial charge in [0.2, 0.25) is 5.91 Å². The molecule has 2 nitrogen and oxygen atoms in total. The quantitative estimate of drug-likeness (QED) is 0.565. The van der Waals surface area contributed by atoms with Gasteiger partial charge in [-0.2, -0.15) is 0 Å². The Kier molecular flexibility index (Phi) is 2.30. The van der Waals surface area contributed by atoms with Gasteiger partial charge in [0.05, 0.1) is 0 Å². The number of rotatable bonds is 2. The van der Waals surface area contributed by atoms with Crippen molar-refractivity contribution in [2.75, 3.05) is 0 Å². The Balaban J connectivity index is 2.31. The van der Waals surface area contributed by atoms with Crippen LogP contribution in [-0.2, 0) is 4.79 Å². The molecule has 0 spiro atoms. The Morgan fingerprint density at radius 2 is 2.70 bits per heavy atom. The average molecular weight is 137 g/mol. The Morgan fingerprint density at radius 1 is 1.90 bits per heavy atom. The first-order chi connectivity index (χ1) is 4.83. The van der Waals surface area contributed by atoms with Crippen molar-refractivity contribution in [3.05, 3.63) is 18.4 Å². The van der Waals surface area contributed by atoms with Crippen LogP contribution in [0.2, 0.25) is 0 Å². The van der Waals surface area contributed by atoms with Crippen LogP contribution < -0.4 is 5.32 Å². The second-order valence-electron chi connectivity index (χ2n) is 2.45. The van der Waals surface area contributed by atoms with Crippen LogP contribution in [0.25, 0.3) is 0 Å². The van der Waals surface area contributed by atoms with Crippen molar-refractivity contribution < 1.29 is 4.79 Å². The summed E-state index contributed by atoms with van der Waals surface area (Å²) in [6.07, 6.45) is 4.36. The first-order valence-electron chi connectivity index (χ1n) is 3.46. The topological polar surface area (TPSA) is 29.1 Å². The molecule has 54 valence electrons. The van der Waals surface area contributed by atoms with E-state index in [1.807, 2.05) is 6.08 Å². The second kappa shape index (κ2) is 3.23. The first-order valence-corrected chi connectivity index (χ1v) is 3.46. The highest BCUT2D eigenvalue weighted by atomic mass is 16.1. The zero-order valence-corrected chi connectivity index (χ0v) is 5.89. The van der Waals surface area contributed by atoms with E-state index < -0.39 is 0 Å². The largest absolute Gasteiger partial charge is 0.353 e. The summed E-state index contributed by atoms with van der Waals surface area (Å²) in [5.74, 6) is 0.169. The fourth-order valence-electron chi connectivity index (χ4n) is 1.08. The third kappa shape index (κ3) is 1.74. The molecule has 10 heavy (non-hydrogen) atoms. The molecule has 1 amide bonds. The van der Waals surface area contributed by atoms with Crippen LogP contribution >= 0.6 is 0 Å². The van der Waals surface area contributed by atoms with Crippen LogP contribution in [0.1, 0.15) is 19.3 Å². The Labute approximate surface area is 60.6 Å². The molecule has 1 atom stereocenters. The smallest absolute Gasteiger partial charge is 0.220 e. The molecular weight excluding hydrogens is 126 g/mol. The van der Waals surface area contributed by atoms with Crippen LogP contribution in [0.3, 0.4) is 0 Å². The van der Waals surface area contributed by atoms with E-state index >= 15 is 0 Å². The normalized spacial score (nSPS) is 23.6. The van der Waals surface area contributed by atoms with Crippen molar-refractivity contribution in [3.63, 3.8) is 0 Å². The van der Waals surface area contributed by atoms with Gasteiger partial charge in [0.25, 0.3) is 0 Å². The van der Waals surface area contributed by atoms with Crippen LogP contribution in [0, 0.1) is 0 Å². The van der Waals surface area contributed by atoms with E-state index in [1.54, 1.807) is 0 Å². The molecule has 0 saturated carbocycles. The molecule has 1 aliphatic rings. The van der Waals surface area contributed by atoms with E-state index in [-0.39, 0.29) is 5.91 Å². The molecule has 0 aromatic carbocycles. The highest BCUT2D eigenvalue weighted by Gasteiger charge is 2.18. The number of hydrogen-bond donors (Lipinski definition) is 1. The molecule has 1 heterocycles. The minimum absolute atomic E-state index is 0.169. The fourth-order valence-corrected chi connectivity index (χ4v) is 1.08. The fraction of sp³-hybridized carbons (Fsp3) is 0.500. The molecule has 1 rings (SSSR count). The van der Waals surface area contributed by atoms with Crippen molar-refractivity contribution in [2.45, 2.75) is 25.3 Å². The summed E-state index contributed by atoms with van der Waals surface area (Å²) in [6.45, 7) is 3.45. The molecule has 1 aliphatic heterocycles. The summed E-state index contributed by atoms with van der Waals surface area (Å²) in [4.78, 5) is 10.7. The number of amides is 1. The molecule has 2 heteroatoms. The lowest BCUT2D eigenvalue weighted by Gasteiger charge is -2.03. The number of hydrogen-bond acceptors (Lipinski definition) is 1. The zero-order valence-electron chi connectivity index (χ0n) is 5.89. The van der Waals surface area contributed by atoms with E-state index in [2.05, 4.69) is 17.6 Å². The Bertz CT molecular complexity index is 180. The monoisotopic (exact) mass is 137 g/mol. The summed E-state index contributed by atoms with van der Waals surface area (Å²) in [7, 11) is 0. The van der Waals surface area contributed by atoms with Crippen LogP contribution in [0.4, 0.5) is 0 Å².